The number of fused-ring (bicyclic) bond motifs is 1. The second-order valence-electron chi connectivity index (χ2n) is 7.03. The van der Waals surface area contributed by atoms with E-state index in [0.29, 0.717) is 17.1 Å². The van der Waals surface area contributed by atoms with Crippen LogP contribution in [-0.4, -0.2) is 33.7 Å². The maximum Gasteiger partial charge on any atom is 0.264 e. The highest BCUT2D eigenvalue weighted by atomic mass is 32.2. The summed E-state index contributed by atoms with van der Waals surface area (Å²) in [7, 11) is -3.84. The van der Waals surface area contributed by atoms with Gasteiger partial charge in [0.25, 0.3) is 10.0 Å². The molecule has 4 aromatic rings. The fourth-order valence-corrected chi connectivity index (χ4v) is 4.00. The van der Waals surface area contributed by atoms with Crippen molar-refractivity contribution in [2.45, 2.75) is 25.2 Å². The monoisotopic (exact) mass is 436 g/mol. The molecule has 9 nitrogen and oxygen atoms in total. The maximum atomic E-state index is 12.5. The van der Waals surface area contributed by atoms with Gasteiger partial charge in [-0.15, -0.1) is 0 Å². The largest absolute Gasteiger partial charge is 0.326 e. The summed E-state index contributed by atoms with van der Waals surface area (Å²) in [5, 5.41) is 2.76. The van der Waals surface area contributed by atoms with Crippen LogP contribution < -0.4 is 10.0 Å². The Hall–Kier alpha value is -3.79. The summed E-state index contributed by atoms with van der Waals surface area (Å²) in [6.07, 6.45) is 5.28. The van der Waals surface area contributed by atoms with Crippen molar-refractivity contribution in [3.63, 3.8) is 0 Å². The minimum absolute atomic E-state index is 0.0000654. The lowest BCUT2D eigenvalue weighted by Gasteiger charge is -2.08. The van der Waals surface area contributed by atoms with E-state index in [1.807, 2.05) is 35.9 Å². The zero-order chi connectivity index (χ0) is 22.0. The summed E-state index contributed by atoms with van der Waals surface area (Å²) in [4.78, 5) is 24.9. The van der Waals surface area contributed by atoms with E-state index in [9.17, 15) is 13.2 Å². The Balaban J connectivity index is 1.42. The predicted molar refractivity (Wildman–Crippen MR) is 116 cm³/mol. The third-order valence-corrected chi connectivity index (χ3v) is 5.88. The number of pyridine rings is 1. The van der Waals surface area contributed by atoms with Crippen LogP contribution in [0.2, 0.25) is 0 Å². The van der Waals surface area contributed by atoms with E-state index in [1.54, 1.807) is 13.0 Å². The van der Waals surface area contributed by atoms with Gasteiger partial charge in [0, 0.05) is 30.0 Å². The number of hydrogen-bond donors (Lipinski definition) is 2. The third kappa shape index (κ3) is 4.69. The van der Waals surface area contributed by atoms with Crippen molar-refractivity contribution in [2.24, 2.45) is 0 Å². The molecule has 0 aliphatic heterocycles. The third-order valence-electron chi connectivity index (χ3n) is 4.54. The van der Waals surface area contributed by atoms with Crippen molar-refractivity contribution in [3.05, 3.63) is 78.0 Å². The Labute approximate surface area is 179 Å². The Bertz CT molecular complexity index is 1360. The Morgan fingerprint density at radius 3 is 2.55 bits per heavy atom. The molecule has 0 saturated carbocycles. The average Bonchev–Trinajstić information content (AvgIpc) is 3.12. The summed E-state index contributed by atoms with van der Waals surface area (Å²) < 4.78 is 29.2. The van der Waals surface area contributed by atoms with Crippen LogP contribution in [0.5, 0.6) is 0 Å². The molecular weight excluding hydrogens is 416 g/mol. The molecule has 0 aliphatic carbocycles. The number of aromatic nitrogens is 4. The Morgan fingerprint density at radius 1 is 1.06 bits per heavy atom. The van der Waals surface area contributed by atoms with Gasteiger partial charge in [-0.2, -0.15) is 0 Å². The predicted octanol–water partition coefficient (Wildman–Crippen LogP) is 2.72. The van der Waals surface area contributed by atoms with Crippen LogP contribution in [0.4, 0.5) is 11.6 Å². The number of benzene rings is 1. The molecule has 0 spiro atoms. The van der Waals surface area contributed by atoms with Crippen molar-refractivity contribution in [1.82, 2.24) is 19.4 Å². The number of sulfonamides is 1. The Morgan fingerprint density at radius 2 is 1.84 bits per heavy atom. The van der Waals surface area contributed by atoms with Crippen molar-refractivity contribution in [3.8, 4) is 0 Å². The molecule has 3 heterocycles. The lowest BCUT2D eigenvalue weighted by molar-refractivity contribution is -0.115. The van der Waals surface area contributed by atoms with E-state index >= 15 is 0 Å². The van der Waals surface area contributed by atoms with Crippen molar-refractivity contribution < 1.29 is 13.2 Å². The highest BCUT2D eigenvalue weighted by Gasteiger charge is 2.16. The van der Waals surface area contributed by atoms with Gasteiger partial charge in [-0.25, -0.2) is 28.1 Å². The summed E-state index contributed by atoms with van der Waals surface area (Å²) in [5.41, 5.74) is 3.61. The molecule has 10 heteroatoms. The maximum absolute atomic E-state index is 12.5. The molecule has 0 fully saturated rings. The van der Waals surface area contributed by atoms with Gasteiger partial charge in [0.05, 0.1) is 17.0 Å². The van der Waals surface area contributed by atoms with Crippen LogP contribution in [0.3, 0.4) is 0 Å². The van der Waals surface area contributed by atoms with Crippen LogP contribution in [0, 0.1) is 13.8 Å². The lowest BCUT2D eigenvalue weighted by Crippen LogP contribution is -2.16. The minimum atomic E-state index is -3.84. The number of carbonyl (C=O) groups excluding carboxylic acids is 1. The van der Waals surface area contributed by atoms with Gasteiger partial charge in [-0.3, -0.25) is 4.79 Å². The first kappa shape index (κ1) is 20.5. The lowest BCUT2D eigenvalue weighted by atomic mass is 10.3. The highest BCUT2D eigenvalue weighted by Crippen LogP contribution is 2.17. The second kappa shape index (κ2) is 8.15. The fraction of sp³-hybridized carbons (Fsp3) is 0.143. The average molecular weight is 436 g/mol. The molecule has 0 radical (unpaired) electrons. The molecule has 31 heavy (non-hydrogen) atoms. The van der Waals surface area contributed by atoms with Crippen LogP contribution in [0.25, 0.3) is 5.65 Å². The molecule has 158 valence electrons. The van der Waals surface area contributed by atoms with Gasteiger partial charge in [0.1, 0.15) is 5.65 Å². The molecule has 1 aromatic carbocycles. The minimum Gasteiger partial charge on any atom is -0.326 e. The van der Waals surface area contributed by atoms with Gasteiger partial charge in [0.15, 0.2) is 0 Å². The highest BCUT2D eigenvalue weighted by molar-refractivity contribution is 7.92. The van der Waals surface area contributed by atoms with Crippen LogP contribution in [0.15, 0.2) is 66.0 Å². The van der Waals surface area contributed by atoms with E-state index in [-0.39, 0.29) is 23.2 Å². The number of imidazole rings is 1. The van der Waals surface area contributed by atoms with Gasteiger partial charge >= 0.3 is 0 Å². The Kier molecular flexibility index (Phi) is 5.38. The van der Waals surface area contributed by atoms with Crippen molar-refractivity contribution >= 4 is 33.2 Å². The first-order valence-corrected chi connectivity index (χ1v) is 10.9. The zero-order valence-electron chi connectivity index (χ0n) is 16.9. The zero-order valence-corrected chi connectivity index (χ0v) is 17.7. The van der Waals surface area contributed by atoms with Crippen molar-refractivity contribution in [2.75, 3.05) is 10.0 Å². The standard InChI is InChI=1S/C21H20N6O3S/c1-14-4-3-11-27-13-17(25-20(14)27)12-19(28)24-16-5-7-18(8-6-16)31(29,30)26-21-22-10-9-15(2)23-21/h3-11,13H,12H2,1-2H3,(H,24,28)(H,22,23,26). The molecule has 2 N–H and O–H groups in total. The van der Waals surface area contributed by atoms with Gasteiger partial charge in [0.2, 0.25) is 11.9 Å². The summed E-state index contributed by atoms with van der Waals surface area (Å²) >= 11 is 0. The van der Waals surface area contributed by atoms with E-state index in [2.05, 4.69) is 25.0 Å². The van der Waals surface area contributed by atoms with Crippen LogP contribution >= 0.6 is 0 Å². The summed E-state index contributed by atoms with van der Waals surface area (Å²) in [6, 6.07) is 11.4. The molecule has 0 atom stereocenters. The molecule has 3 aromatic heterocycles. The number of hydrogen-bond acceptors (Lipinski definition) is 6. The molecule has 0 unspecified atom stereocenters. The molecule has 0 aliphatic rings. The fourth-order valence-electron chi connectivity index (χ4n) is 3.05. The number of nitrogens with one attached hydrogen (secondary N) is 2. The number of amides is 1. The van der Waals surface area contributed by atoms with Crippen LogP contribution in [-0.2, 0) is 21.2 Å². The van der Waals surface area contributed by atoms with Crippen molar-refractivity contribution in [1.29, 1.82) is 0 Å². The van der Waals surface area contributed by atoms with Crippen LogP contribution in [0.1, 0.15) is 17.0 Å². The van der Waals surface area contributed by atoms with Gasteiger partial charge in [-0.1, -0.05) is 6.07 Å². The number of nitrogens with zero attached hydrogens (tertiary/aromatic N) is 4. The number of aryl methyl sites for hydroxylation is 2. The van der Waals surface area contributed by atoms with E-state index < -0.39 is 10.0 Å². The van der Waals surface area contributed by atoms with E-state index in [4.69, 9.17) is 0 Å². The number of rotatable bonds is 6. The van der Waals surface area contributed by atoms with E-state index in [0.717, 1.165) is 11.2 Å². The van der Waals surface area contributed by atoms with Gasteiger partial charge in [-0.05, 0) is 55.8 Å². The molecule has 0 bridgehead atoms. The molecule has 0 saturated heterocycles. The SMILES string of the molecule is Cc1ccnc(NS(=O)(=O)c2ccc(NC(=O)Cc3cn4cccc(C)c4n3)cc2)n1. The number of carbonyl (C=O) groups is 1. The first-order chi connectivity index (χ1) is 14.8. The first-order valence-electron chi connectivity index (χ1n) is 9.46. The quantitative estimate of drug-likeness (QED) is 0.480. The molecular formula is C21H20N6O3S. The summed E-state index contributed by atoms with van der Waals surface area (Å²) in [5.74, 6) is -0.247. The van der Waals surface area contributed by atoms with Gasteiger partial charge < -0.3 is 9.72 Å². The normalized spacial score (nSPS) is 11.4. The topological polar surface area (TPSA) is 118 Å². The smallest absolute Gasteiger partial charge is 0.264 e. The van der Waals surface area contributed by atoms with E-state index in [1.165, 1.54) is 30.5 Å². The summed E-state index contributed by atoms with van der Waals surface area (Å²) in [6.45, 7) is 3.70. The second-order valence-corrected chi connectivity index (χ2v) is 8.71. The molecule has 4 rings (SSSR count). The number of anilines is 2. The molecule has 1 amide bonds.